The summed E-state index contributed by atoms with van der Waals surface area (Å²) in [5.74, 6) is -0.0926. The number of Topliss-reactive ketones (excluding diaryl/α,β-unsaturated/α-hetero) is 1. The van der Waals surface area contributed by atoms with Gasteiger partial charge in [0.1, 0.15) is 4.34 Å². The smallest absolute Gasteiger partial charge is 0.184 e. The van der Waals surface area contributed by atoms with Crippen molar-refractivity contribution in [2.75, 3.05) is 0 Å². The molecule has 2 aromatic heterocycles. The molecule has 0 fully saturated rings. The molecule has 21 heavy (non-hydrogen) atoms. The predicted octanol–water partition coefficient (Wildman–Crippen LogP) is 4.76. The zero-order valence-electron chi connectivity index (χ0n) is 10.6. The maximum Gasteiger partial charge on any atom is 0.184 e. The number of halogens is 2. The van der Waals surface area contributed by atoms with Gasteiger partial charge < -0.3 is 4.57 Å². The summed E-state index contributed by atoms with van der Waals surface area (Å²) in [5, 5.41) is 9.82. The van der Waals surface area contributed by atoms with Crippen LogP contribution in [0, 0.1) is 11.3 Å². The summed E-state index contributed by atoms with van der Waals surface area (Å²) in [6.45, 7) is 0.183. The lowest BCUT2D eigenvalue weighted by Crippen LogP contribution is -2.09. The Labute approximate surface area is 134 Å². The standard InChI is InChI=1S/C15H8Cl2N2OS/c16-14-6-11(15(17)21-14)13(20)8-19-4-3-10-5-9(7-18)1-2-12(10)19/h1-6H,8H2. The number of fused-ring (bicyclic) bond motifs is 1. The van der Waals surface area contributed by atoms with Crippen molar-refractivity contribution in [3.63, 3.8) is 0 Å². The van der Waals surface area contributed by atoms with Gasteiger partial charge in [-0.2, -0.15) is 5.26 Å². The highest BCUT2D eigenvalue weighted by molar-refractivity contribution is 7.20. The van der Waals surface area contributed by atoms with E-state index in [0.717, 1.165) is 10.9 Å². The van der Waals surface area contributed by atoms with Gasteiger partial charge in [0.05, 0.1) is 28.1 Å². The highest BCUT2D eigenvalue weighted by Crippen LogP contribution is 2.31. The van der Waals surface area contributed by atoms with E-state index in [9.17, 15) is 4.79 Å². The topological polar surface area (TPSA) is 45.8 Å². The Bertz CT molecular complexity index is 889. The Kier molecular flexibility index (Phi) is 3.73. The van der Waals surface area contributed by atoms with Gasteiger partial charge in [-0.3, -0.25) is 4.79 Å². The number of benzene rings is 1. The number of carbonyl (C=O) groups excluding carboxylic acids is 1. The van der Waals surface area contributed by atoms with Crippen molar-refractivity contribution >= 4 is 51.2 Å². The van der Waals surface area contributed by atoms with Gasteiger partial charge in [0.2, 0.25) is 0 Å². The minimum absolute atomic E-state index is 0.0926. The number of carbonyl (C=O) groups is 1. The normalized spacial score (nSPS) is 10.7. The van der Waals surface area contributed by atoms with Crippen molar-refractivity contribution in [2.45, 2.75) is 6.54 Å². The zero-order valence-corrected chi connectivity index (χ0v) is 13.0. The Balaban J connectivity index is 1.93. The molecule has 0 aliphatic rings. The SMILES string of the molecule is N#Cc1ccc2c(ccn2CC(=O)c2cc(Cl)sc2Cl)c1. The van der Waals surface area contributed by atoms with Gasteiger partial charge >= 0.3 is 0 Å². The summed E-state index contributed by atoms with van der Waals surface area (Å²) in [6, 6.07) is 10.9. The van der Waals surface area contributed by atoms with Gasteiger partial charge in [-0.25, -0.2) is 0 Å². The number of hydrogen-bond acceptors (Lipinski definition) is 3. The van der Waals surface area contributed by atoms with Crippen molar-refractivity contribution in [3.05, 3.63) is 56.3 Å². The molecule has 0 bridgehead atoms. The van der Waals surface area contributed by atoms with E-state index in [4.69, 9.17) is 28.5 Å². The van der Waals surface area contributed by atoms with Gasteiger partial charge in [0, 0.05) is 17.1 Å². The van der Waals surface area contributed by atoms with Crippen molar-refractivity contribution in [2.24, 2.45) is 0 Å². The molecule has 3 aromatic rings. The molecule has 3 rings (SSSR count). The van der Waals surface area contributed by atoms with Gasteiger partial charge in [0.15, 0.2) is 5.78 Å². The van der Waals surface area contributed by atoms with Crippen LogP contribution in [0.3, 0.4) is 0 Å². The first-order valence-corrected chi connectivity index (χ1v) is 7.63. The predicted molar refractivity (Wildman–Crippen MR) is 85.3 cm³/mol. The number of rotatable bonds is 3. The molecule has 0 saturated carbocycles. The first-order chi connectivity index (χ1) is 10.1. The molecule has 3 nitrogen and oxygen atoms in total. The molecule has 0 saturated heterocycles. The molecular weight excluding hydrogens is 327 g/mol. The summed E-state index contributed by atoms with van der Waals surface area (Å²) < 4.78 is 2.74. The second-order valence-corrected chi connectivity index (χ2v) is 6.78. The second-order valence-electron chi connectivity index (χ2n) is 4.49. The Morgan fingerprint density at radius 1 is 1.29 bits per heavy atom. The highest BCUT2D eigenvalue weighted by atomic mass is 35.5. The summed E-state index contributed by atoms with van der Waals surface area (Å²) in [5.41, 5.74) is 1.95. The fourth-order valence-corrected chi connectivity index (χ4v) is 3.68. The average molecular weight is 335 g/mol. The van der Waals surface area contributed by atoms with E-state index < -0.39 is 0 Å². The molecule has 6 heteroatoms. The fourth-order valence-electron chi connectivity index (χ4n) is 2.18. The highest BCUT2D eigenvalue weighted by Gasteiger charge is 2.15. The van der Waals surface area contributed by atoms with Crippen molar-refractivity contribution in [3.8, 4) is 6.07 Å². The number of nitriles is 1. The van der Waals surface area contributed by atoms with Crippen LogP contribution in [0.15, 0.2) is 36.5 Å². The fraction of sp³-hybridized carbons (Fsp3) is 0.0667. The van der Waals surface area contributed by atoms with Gasteiger partial charge in [0.25, 0.3) is 0 Å². The molecule has 104 valence electrons. The molecule has 0 aliphatic heterocycles. The molecule has 0 atom stereocenters. The lowest BCUT2D eigenvalue weighted by Gasteiger charge is -2.04. The molecule has 0 radical (unpaired) electrons. The molecule has 2 heterocycles. The summed E-state index contributed by atoms with van der Waals surface area (Å²) in [7, 11) is 0. The average Bonchev–Trinajstić information content (AvgIpc) is 3.01. The van der Waals surface area contributed by atoms with E-state index in [2.05, 4.69) is 6.07 Å². The minimum atomic E-state index is -0.0926. The number of ketones is 1. The maximum absolute atomic E-state index is 12.3. The summed E-state index contributed by atoms with van der Waals surface area (Å²) >= 11 is 13.1. The monoisotopic (exact) mass is 334 g/mol. The van der Waals surface area contributed by atoms with Crippen LogP contribution in [0.2, 0.25) is 8.67 Å². The number of thiophene rings is 1. The molecular formula is C15H8Cl2N2OS. The van der Waals surface area contributed by atoms with E-state index >= 15 is 0 Å². The van der Waals surface area contributed by atoms with Crippen LogP contribution >= 0.6 is 34.5 Å². The number of hydrogen-bond donors (Lipinski definition) is 0. The number of nitrogens with zero attached hydrogens (tertiary/aromatic N) is 2. The maximum atomic E-state index is 12.3. The summed E-state index contributed by atoms with van der Waals surface area (Å²) in [4.78, 5) is 12.3. The van der Waals surface area contributed by atoms with Gasteiger partial charge in [-0.15, -0.1) is 11.3 Å². The Morgan fingerprint density at radius 3 is 2.76 bits per heavy atom. The molecule has 0 unspecified atom stereocenters. The lowest BCUT2D eigenvalue weighted by molar-refractivity contribution is 0.0974. The molecule has 0 amide bonds. The van der Waals surface area contributed by atoms with Gasteiger partial charge in [-0.05, 0) is 30.3 Å². The van der Waals surface area contributed by atoms with E-state index in [1.54, 1.807) is 18.2 Å². The number of aromatic nitrogens is 1. The van der Waals surface area contributed by atoms with E-state index in [1.807, 2.05) is 22.9 Å². The first-order valence-electron chi connectivity index (χ1n) is 6.05. The molecule has 1 aromatic carbocycles. The largest absolute Gasteiger partial charge is 0.340 e. The van der Waals surface area contributed by atoms with Crippen molar-refractivity contribution in [1.82, 2.24) is 4.57 Å². The van der Waals surface area contributed by atoms with Crippen molar-refractivity contribution in [1.29, 1.82) is 5.26 Å². The Hall–Kier alpha value is -1.80. The molecule has 0 aliphatic carbocycles. The van der Waals surface area contributed by atoms with E-state index in [-0.39, 0.29) is 12.3 Å². The van der Waals surface area contributed by atoms with E-state index in [1.165, 1.54) is 11.3 Å². The van der Waals surface area contributed by atoms with Crippen LogP contribution in [0.4, 0.5) is 0 Å². The first kappa shape index (κ1) is 14.2. The van der Waals surface area contributed by atoms with Crippen LogP contribution in [-0.4, -0.2) is 10.4 Å². The zero-order chi connectivity index (χ0) is 15.0. The lowest BCUT2D eigenvalue weighted by atomic mass is 10.2. The third kappa shape index (κ3) is 2.68. The van der Waals surface area contributed by atoms with Crippen LogP contribution in [0.5, 0.6) is 0 Å². The quantitative estimate of drug-likeness (QED) is 0.648. The third-order valence-electron chi connectivity index (χ3n) is 3.17. The van der Waals surface area contributed by atoms with Gasteiger partial charge in [-0.1, -0.05) is 23.2 Å². The van der Waals surface area contributed by atoms with E-state index in [0.29, 0.717) is 19.8 Å². The third-order valence-corrected chi connectivity index (χ3v) is 4.66. The molecule has 0 N–H and O–H groups in total. The Morgan fingerprint density at radius 2 is 2.10 bits per heavy atom. The van der Waals surface area contributed by atoms with Crippen LogP contribution in [0.25, 0.3) is 10.9 Å². The van der Waals surface area contributed by atoms with Crippen LogP contribution in [-0.2, 0) is 6.54 Å². The summed E-state index contributed by atoms with van der Waals surface area (Å²) in [6.07, 6.45) is 1.83. The second kappa shape index (κ2) is 5.53. The van der Waals surface area contributed by atoms with Crippen LogP contribution < -0.4 is 0 Å². The van der Waals surface area contributed by atoms with Crippen molar-refractivity contribution < 1.29 is 4.79 Å². The van der Waals surface area contributed by atoms with Crippen LogP contribution in [0.1, 0.15) is 15.9 Å². The molecule has 0 spiro atoms. The minimum Gasteiger partial charge on any atom is -0.340 e.